The van der Waals surface area contributed by atoms with Gasteiger partial charge in [-0.3, -0.25) is 14.8 Å². The van der Waals surface area contributed by atoms with E-state index in [1.807, 2.05) is 0 Å². The fourth-order valence-electron chi connectivity index (χ4n) is 2.43. The number of hydrogen-bond donors (Lipinski definition) is 2. The number of nitrogens with zero attached hydrogens (tertiary/aromatic N) is 4. The van der Waals surface area contributed by atoms with Crippen molar-refractivity contribution in [2.45, 2.75) is 6.18 Å². The lowest BCUT2D eigenvalue weighted by atomic mass is 10.1. The number of hydrogen-bond acceptors (Lipinski definition) is 7. The van der Waals surface area contributed by atoms with Gasteiger partial charge < -0.3 is 5.32 Å². The first-order valence-electron chi connectivity index (χ1n) is 7.64. The van der Waals surface area contributed by atoms with Gasteiger partial charge in [0.15, 0.2) is 5.82 Å². The summed E-state index contributed by atoms with van der Waals surface area (Å²) in [5, 5.41) is 9.65. The van der Waals surface area contributed by atoms with Crippen LogP contribution in [0.15, 0.2) is 46.0 Å². The number of fused-ring (bicyclic) bond motifs is 1. The maximum Gasteiger partial charge on any atom is 0.433 e. The Balaban J connectivity index is 1.68. The average molecular weight is 392 g/mol. The van der Waals surface area contributed by atoms with Gasteiger partial charge in [0.05, 0.1) is 0 Å². The molecule has 1 aromatic carbocycles. The molecule has 0 saturated heterocycles. The molecular weight excluding hydrogens is 384 g/mol. The third kappa shape index (κ3) is 3.26. The highest BCUT2D eigenvalue weighted by molar-refractivity contribution is 5.72. The van der Waals surface area contributed by atoms with Crippen LogP contribution < -0.4 is 10.9 Å². The number of pyridine rings is 1. The number of anilines is 2. The van der Waals surface area contributed by atoms with E-state index in [9.17, 15) is 22.4 Å². The van der Waals surface area contributed by atoms with Crippen molar-refractivity contribution in [1.82, 2.24) is 25.3 Å². The van der Waals surface area contributed by atoms with E-state index in [4.69, 9.17) is 0 Å². The molecule has 0 amide bonds. The second-order valence-electron chi connectivity index (χ2n) is 5.60. The number of halogens is 4. The molecule has 0 aliphatic heterocycles. The van der Waals surface area contributed by atoms with Crippen LogP contribution in [0.2, 0.25) is 0 Å². The zero-order chi connectivity index (χ0) is 19.9. The molecule has 2 N–H and O–H groups in total. The SMILES string of the molecule is O=c1[nH]c2nonc2nc1Nc1ccc(F)c(-c2ccc(C(F)(F)F)nc2)c1. The molecule has 0 unspecified atom stereocenters. The molecule has 0 aliphatic rings. The van der Waals surface area contributed by atoms with Crippen molar-refractivity contribution >= 4 is 22.8 Å². The molecule has 0 bridgehead atoms. The van der Waals surface area contributed by atoms with Crippen molar-refractivity contribution in [2.75, 3.05) is 5.32 Å². The summed E-state index contributed by atoms with van der Waals surface area (Å²) in [5.41, 5.74) is -1.20. The van der Waals surface area contributed by atoms with Crippen molar-refractivity contribution < 1.29 is 22.2 Å². The van der Waals surface area contributed by atoms with Crippen LogP contribution in [0.3, 0.4) is 0 Å². The topological polar surface area (TPSA) is 110 Å². The summed E-state index contributed by atoms with van der Waals surface area (Å²) in [6.45, 7) is 0. The highest BCUT2D eigenvalue weighted by Gasteiger charge is 2.32. The molecule has 0 aliphatic carbocycles. The number of nitrogens with one attached hydrogen (secondary N) is 2. The Morgan fingerprint density at radius 2 is 1.93 bits per heavy atom. The van der Waals surface area contributed by atoms with E-state index >= 15 is 0 Å². The van der Waals surface area contributed by atoms with Crippen LogP contribution in [0.4, 0.5) is 29.1 Å². The van der Waals surface area contributed by atoms with Gasteiger partial charge in [-0.2, -0.15) is 18.2 Å². The second kappa shape index (κ2) is 6.40. The number of aromatic amines is 1. The van der Waals surface area contributed by atoms with Crippen LogP contribution in [-0.4, -0.2) is 25.3 Å². The summed E-state index contributed by atoms with van der Waals surface area (Å²) in [6.07, 6.45) is -3.68. The zero-order valence-corrected chi connectivity index (χ0v) is 13.6. The first-order valence-corrected chi connectivity index (χ1v) is 7.64. The highest BCUT2D eigenvalue weighted by atomic mass is 19.4. The Morgan fingerprint density at radius 1 is 1.11 bits per heavy atom. The first-order chi connectivity index (χ1) is 13.3. The molecule has 0 saturated carbocycles. The van der Waals surface area contributed by atoms with Gasteiger partial charge in [0, 0.05) is 23.0 Å². The lowest BCUT2D eigenvalue weighted by Gasteiger charge is -2.10. The Kier molecular flexibility index (Phi) is 4.02. The molecule has 3 aromatic heterocycles. The lowest BCUT2D eigenvalue weighted by Crippen LogP contribution is -2.13. The fraction of sp³-hybridized carbons (Fsp3) is 0.0625. The van der Waals surface area contributed by atoms with Crippen LogP contribution in [0, 0.1) is 5.82 Å². The van der Waals surface area contributed by atoms with E-state index in [2.05, 4.69) is 35.2 Å². The lowest BCUT2D eigenvalue weighted by molar-refractivity contribution is -0.141. The fourth-order valence-corrected chi connectivity index (χ4v) is 2.43. The Bertz CT molecular complexity index is 1220. The molecule has 0 fully saturated rings. The van der Waals surface area contributed by atoms with Gasteiger partial charge in [0.1, 0.15) is 11.5 Å². The number of H-pyrrole nitrogens is 1. The average Bonchev–Trinajstić information content (AvgIpc) is 3.10. The maximum absolute atomic E-state index is 14.2. The monoisotopic (exact) mass is 392 g/mol. The number of alkyl halides is 3. The Hall–Kier alpha value is -3.83. The van der Waals surface area contributed by atoms with Crippen molar-refractivity contribution in [3.05, 3.63) is 58.4 Å². The van der Waals surface area contributed by atoms with E-state index in [-0.39, 0.29) is 33.9 Å². The zero-order valence-electron chi connectivity index (χ0n) is 13.6. The summed E-state index contributed by atoms with van der Waals surface area (Å²) >= 11 is 0. The summed E-state index contributed by atoms with van der Waals surface area (Å²) in [7, 11) is 0. The standard InChI is InChI=1S/C16H8F4N6O2/c17-10-3-2-8(22-14-15(27)24-13-12(23-14)25-28-26-13)5-9(10)7-1-4-11(21-6-7)16(18,19)20/h1-6H,(H,22,23,25)(H,24,26,27). The van der Waals surface area contributed by atoms with Crippen LogP contribution >= 0.6 is 0 Å². The summed E-state index contributed by atoms with van der Waals surface area (Å²) in [4.78, 5) is 21.7. The molecule has 12 heteroatoms. The van der Waals surface area contributed by atoms with Gasteiger partial charge in [0.2, 0.25) is 11.3 Å². The number of benzene rings is 1. The van der Waals surface area contributed by atoms with Gasteiger partial charge in [-0.15, -0.1) is 0 Å². The molecule has 3 heterocycles. The minimum absolute atomic E-state index is 0.00756. The molecule has 4 rings (SSSR count). The summed E-state index contributed by atoms with van der Waals surface area (Å²) < 4.78 is 56.5. The van der Waals surface area contributed by atoms with Crippen LogP contribution in [0.5, 0.6) is 0 Å². The largest absolute Gasteiger partial charge is 0.433 e. The van der Waals surface area contributed by atoms with Gasteiger partial charge >= 0.3 is 6.18 Å². The van der Waals surface area contributed by atoms with Crippen LogP contribution in [0.25, 0.3) is 22.4 Å². The number of aromatic nitrogens is 5. The predicted octanol–water partition coefficient (Wildman–Crippen LogP) is 3.27. The van der Waals surface area contributed by atoms with Gasteiger partial charge in [0.25, 0.3) is 5.56 Å². The first kappa shape index (κ1) is 17.6. The van der Waals surface area contributed by atoms with E-state index in [1.165, 1.54) is 12.1 Å². The van der Waals surface area contributed by atoms with Crippen molar-refractivity contribution in [1.29, 1.82) is 0 Å². The van der Waals surface area contributed by atoms with Crippen molar-refractivity contribution in [2.24, 2.45) is 0 Å². The minimum atomic E-state index is -4.60. The van der Waals surface area contributed by atoms with E-state index in [0.717, 1.165) is 24.4 Å². The third-order valence-electron chi connectivity index (χ3n) is 3.73. The molecule has 28 heavy (non-hydrogen) atoms. The van der Waals surface area contributed by atoms with Crippen LogP contribution in [-0.2, 0) is 6.18 Å². The van der Waals surface area contributed by atoms with Gasteiger partial charge in [-0.05, 0) is 34.6 Å². The van der Waals surface area contributed by atoms with Crippen LogP contribution in [0.1, 0.15) is 5.69 Å². The van der Waals surface area contributed by atoms with Crippen molar-refractivity contribution in [3.8, 4) is 11.1 Å². The highest BCUT2D eigenvalue weighted by Crippen LogP contribution is 2.31. The smallest absolute Gasteiger partial charge is 0.336 e. The molecule has 0 radical (unpaired) electrons. The van der Waals surface area contributed by atoms with Gasteiger partial charge in [-0.1, -0.05) is 6.07 Å². The van der Waals surface area contributed by atoms with E-state index in [1.54, 1.807) is 0 Å². The molecule has 4 aromatic rings. The minimum Gasteiger partial charge on any atom is -0.336 e. The molecule has 8 nitrogen and oxygen atoms in total. The Morgan fingerprint density at radius 3 is 2.64 bits per heavy atom. The molecular formula is C16H8F4N6O2. The summed E-state index contributed by atoms with van der Waals surface area (Å²) in [5.74, 6) is -0.823. The van der Waals surface area contributed by atoms with Crippen molar-refractivity contribution in [3.63, 3.8) is 0 Å². The third-order valence-corrected chi connectivity index (χ3v) is 3.73. The Labute approximate surface area is 152 Å². The molecule has 0 atom stereocenters. The second-order valence-corrected chi connectivity index (χ2v) is 5.60. The molecule has 142 valence electrons. The van der Waals surface area contributed by atoms with E-state index < -0.39 is 23.2 Å². The maximum atomic E-state index is 14.2. The number of rotatable bonds is 3. The molecule has 0 spiro atoms. The predicted molar refractivity (Wildman–Crippen MR) is 88.1 cm³/mol. The summed E-state index contributed by atoms with van der Waals surface area (Å²) in [6, 6.07) is 5.61. The van der Waals surface area contributed by atoms with E-state index in [0.29, 0.717) is 0 Å². The van der Waals surface area contributed by atoms with Gasteiger partial charge in [-0.25, -0.2) is 9.02 Å². The quantitative estimate of drug-likeness (QED) is 0.515. The normalized spacial score (nSPS) is 11.7.